The Morgan fingerprint density at radius 1 is 1.26 bits per heavy atom. The van der Waals surface area contributed by atoms with Crippen LogP contribution in [0.3, 0.4) is 0 Å². The van der Waals surface area contributed by atoms with E-state index in [1.54, 1.807) is 4.90 Å². The second-order valence-electron chi connectivity index (χ2n) is 5.97. The minimum Gasteiger partial charge on any atom is -0.338 e. The predicted octanol–water partition coefficient (Wildman–Crippen LogP) is 2.23. The number of fused-ring (bicyclic) bond motifs is 1. The van der Waals surface area contributed by atoms with Crippen LogP contribution in [0.4, 0.5) is 10.1 Å². The van der Waals surface area contributed by atoms with Crippen molar-refractivity contribution < 1.29 is 14.1 Å². The molecule has 2 aliphatic rings. The zero-order valence-electron chi connectivity index (χ0n) is 12.5. The van der Waals surface area contributed by atoms with E-state index in [2.05, 4.69) is 5.32 Å². The molecular formula is C15H19ClFN3O3. The van der Waals surface area contributed by atoms with Crippen LogP contribution >= 0.6 is 12.4 Å². The maximum absolute atomic E-state index is 13.2. The number of hydrogen-bond acceptors (Lipinski definition) is 4. The van der Waals surface area contributed by atoms with E-state index in [4.69, 9.17) is 0 Å². The molecule has 3 rings (SSSR count). The van der Waals surface area contributed by atoms with Crippen LogP contribution < -0.4 is 5.32 Å². The molecule has 0 unspecified atom stereocenters. The highest BCUT2D eigenvalue weighted by Gasteiger charge is 2.33. The fourth-order valence-corrected chi connectivity index (χ4v) is 3.43. The Labute approximate surface area is 139 Å². The molecule has 0 aliphatic carbocycles. The first-order valence-electron chi connectivity index (χ1n) is 7.50. The average Bonchev–Trinajstić information content (AvgIpc) is 2.85. The second-order valence-corrected chi connectivity index (χ2v) is 5.97. The van der Waals surface area contributed by atoms with Gasteiger partial charge in [-0.3, -0.25) is 14.9 Å². The highest BCUT2D eigenvalue weighted by atomic mass is 35.5. The first kappa shape index (κ1) is 17.6. The summed E-state index contributed by atoms with van der Waals surface area (Å²) in [7, 11) is 0. The molecule has 2 heterocycles. The number of rotatable bonds is 2. The lowest BCUT2D eigenvalue weighted by Crippen LogP contribution is -2.33. The summed E-state index contributed by atoms with van der Waals surface area (Å²) in [4.78, 5) is 24.6. The van der Waals surface area contributed by atoms with E-state index in [1.807, 2.05) is 0 Å². The Bertz CT molecular complexity index is 600. The van der Waals surface area contributed by atoms with Crippen LogP contribution in [0.15, 0.2) is 18.2 Å². The third kappa shape index (κ3) is 3.61. The third-order valence-corrected chi connectivity index (χ3v) is 4.69. The standard InChI is InChI=1S/C15H18FN3O3.ClH/c16-12-1-2-13(14(7-12)19(21)22)15(20)18-5-3-10-8-17-9-11(10)4-6-18;/h1-2,7,10-11,17H,3-6,8-9H2;1H/t10-,11+;. The lowest BCUT2D eigenvalue weighted by molar-refractivity contribution is -0.385. The van der Waals surface area contributed by atoms with E-state index in [9.17, 15) is 19.3 Å². The molecule has 0 aromatic heterocycles. The Kier molecular flexibility index (Phi) is 5.54. The molecule has 0 spiro atoms. The molecule has 0 radical (unpaired) electrons. The fourth-order valence-electron chi connectivity index (χ4n) is 3.43. The van der Waals surface area contributed by atoms with Gasteiger partial charge in [0, 0.05) is 13.1 Å². The van der Waals surface area contributed by atoms with Crippen molar-refractivity contribution in [2.75, 3.05) is 26.2 Å². The van der Waals surface area contributed by atoms with Gasteiger partial charge in [-0.2, -0.15) is 0 Å². The minimum absolute atomic E-state index is 0. The molecule has 2 aliphatic heterocycles. The molecule has 0 bridgehead atoms. The molecule has 2 saturated heterocycles. The van der Waals surface area contributed by atoms with E-state index in [-0.39, 0.29) is 23.9 Å². The molecule has 0 saturated carbocycles. The number of likely N-dealkylation sites (tertiary alicyclic amines) is 1. The number of nitrogens with zero attached hydrogens (tertiary/aromatic N) is 2. The lowest BCUT2D eigenvalue weighted by atomic mass is 9.92. The van der Waals surface area contributed by atoms with Gasteiger partial charge in [0.15, 0.2) is 0 Å². The number of nitro groups is 1. The van der Waals surface area contributed by atoms with Gasteiger partial charge in [0.1, 0.15) is 11.4 Å². The van der Waals surface area contributed by atoms with Crippen LogP contribution in [0.25, 0.3) is 0 Å². The number of halogens is 2. The van der Waals surface area contributed by atoms with E-state index in [1.165, 1.54) is 6.07 Å². The highest BCUT2D eigenvalue weighted by molar-refractivity contribution is 5.98. The normalized spacial score (nSPS) is 23.6. The smallest absolute Gasteiger partial charge is 0.285 e. The monoisotopic (exact) mass is 343 g/mol. The van der Waals surface area contributed by atoms with Crippen molar-refractivity contribution in [3.63, 3.8) is 0 Å². The number of carbonyl (C=O) groups excluding carboxylic acids is 1. The van der Waals surface area contributed by atoms with Gasteiger partial charge in [-0.25, -0.2) is 4.39 Å². The van der Waals surface area contributed by atoms with Crippen LogP contribution in [0, 0.1) is 27.8 Å². The van der Waals surface area contributed by atoms with Crippen molar-refractivity contribution >= 4 is 24.0 Å². The Hall–Kier alpha value is -1.73. The summed E-state index contributed by atoms with van der Waals surface area (Å²) in [6.07, 6.45) is 1.80. The number of nitrogens with one attached hydrogen (secondary N) is 1. The van der Waals surface area contributed by atoms with Crippen molar-refractivity contribution in [1.29, 1.82) is 0 Å². The molecule has 2 atom stereocenters. The van der Waals surface area contributed by atoms with Gasteiger partial charge in [-0.05, 0) is 49.9 Å². The van der Waals surface area contributed by atoms with Crippen molar-refractivity contribution in [1.82, 2.24) is 10.2 Å². The van der Waals surface area contributed by atoms with Crippen molar-refractivity contribution in [2.45, 2.75) is 12.8 Å². The van der Waals surface area contributed by atoms with Gasteiger partial charge >= 0.3 is 0 Å². The lowest BCUT2D eigenvalue weighted by Gasteiger charge is -2.20. The topological polar surface area (TPSA) is 75.5 Å². The maximum atomic E-state index is 13.2. The molecule has 1 N–H and O–H groups in total. The molecule has 1 amide bonds. The van der Waals surface area contributed by atoms with Crippen LogP contribution in [0.1, 0.15) is 23.2 Å². The summed E-state index contributed by atoms with van der Waals surface area (Å²) in [5.74, 6) is 0.0568. The first-order valence-corrected chi connectivity index (χ1v) is 7.50. The van der Waals surface area contributed by atoms with Crippen LogP contribution in [0.2, 0.25) is 0 Å². The second kappa shape index (κ2) is 7.23. The number of amides is 1. The highest BCUT2D eigenvalue weighted by Crippen LogP contribution is 2.29. The number of benzene rings is 1. The first-order chi connectivity index (χ1) is 10.6. The Morgan fingerprint density at radius 3 is 2.43 bits per heavy atom. The fraction of sp³-hybridized carbons (Fsp3) is 0.533. The Balaban J connectivity index is 0.00000192. The molecule has 23 heavy (non-hydrogen) atoms. The van der Waals surface area contributed by atoms with E-state index in [0.29, 0.717) is 24.9 Å². The number of hydrogen-bond donors (Lipinski definition) is 1. The van der Waals surface area contributed by atoms with E-state index < -0.39 is 16.4 Å². The van der Waals surface area contributed by atoms with Gasteiger partial charge in [-0.1, -0.05) is 0 Å². The molecular weight excluding hydrogens is 325 g/mol. The van der Waals surface area contributed by atoms with Gasteiger partial charge < -0.3 is 10.2 Å². The van der Waals surface area contributed by atoms with Crippen molar-refractivity contribution in [3.05, 3.63) is 39.7 Å². The minimum atomic E-state index is -0.709. The molecule has 1 aromatic carbocycles. The van der Waals surface area contributed by atoms with Crippen molar-refractivity contribution in [3.8, 4) is 0 Å². The third-order valence-electron chi connectivity index (χ3n) is 4.69. The average molecular weight is 344 g/mol. The summed E-state index contributed by atoms with van der Waals surface area (Å²) in [5, 5.41) is 14.4. The molecule has 6 nitrogen and oxygen atoms in total. The molecule has 8 heteroatoms. The van der Waals surface area contributed by atoms with E-state index >= 15 is 0 Å². The number of nitro benzene ring substituents is 1. The summed E-state index contributed by atoms with van der Waals surface area (Å²) < 4.78 is 13.2. The molecule has 2 fully saturated rings. The van der Waals surface area contributed by atoms with Crippen molar-refractivity contribution in [2.24, 2.45) is 11.8 Å². The predicted molar refractivity (Wildman–Crippen MR) is 85.3 cm³/mol. The van der Waals surface area contributed by atoms with Crippen LogP contribution in [-0.2, 0) is 0 Å². The maximum Gasteiger partial charge on any atom is 0.285 e. The summed E-state index contributed by atoms with van der Waals surface area (Å²) in [6, 6.07) is 3.11. The van der Waals surface area contributed by atoms with Gasteiger partial charge in [-0.15, -0.1) is 12.4 Å². The molecule has 126 valence electrons. The van der Waals surface area contributed by atoms with Gasteiger partial charge in [0.2, 0.25) is 0 Å². The van der Waals surface area contributed by atoms with Crippen LogP contribution in [0.5, 0.6) is 0 Å². The van der Waals surface area contributed by atoms with Crippen LogP contribution in [-0.4, -0.2) is 41.9 Å². The van der Waals surface area contributed by atoms with Gasteiger partial charge in [0.25, 0.3) is 11.6 Å². The Morgan fingerprint density at radius 2 is 1.87 bits per heavy atom. The van der Waals surface area contributed by atoms with E-state index in [0.717, 1.165) is 38.1 Å². The zero-order valence-corrected chi connectivity index (χ0v) is 13.4. The zero-order chi connectivity index (χ0) is 15.7. The summed E-state index contributed by atoms with van der Waals surface area (Å²) >= 11 is 0. The SMILES string of the molecule is Cl.O=C(c1ccc(F)cc1[N+](=O)[O-])N1CC[C@@H]2CNC[C@@H]2CC1. The largest absolute Gasteiger partial charge is 0.338 e. The quantitative estimate of drug-likeness (QED) is 0.660. The summed E-state index contributed by atoms with van der Waals surface area (Å²) in [5.41, 5.74) is -0.493. The molecule has 1 aromatic rings. The summed E-state index contributed by atoms with van der Waals surface area (Å²) in [6.45, 7) is 3.14. The van der Waals surface area contributed by atoms with Gasteiger partial charge in [0.05, 0.1) is 11.0 Å². The number of carbonyl (C=O) groups is 1.